The Kier molecular flexibility index (Phi) is 6.36. The third kappa shape index (κ3) is 4.89. The van der Waals surface area contributed by atoms with Gasteiger partial charge in [-0.3, -0.25) is 9.48 Å². The van der Waals surface area contributed by atoms with Gasteiger partial charge in [0, 0.05) is 18.3 Å². The van der Waals surface area contributed by atoms with E-state index in [1.807, 2.05) is 90.7 Å². The largest absolute Gasteiger partial charge is 0.397 e. The van der Waals surface area contributed by atoms with Crippen LogP contribution in [0.25, 0.3) is 11.1 Å². The number of hydrogen-bond acceptors (Lipinski definition) is 3. The van der Waals surface area contributed by atoms with Crippen LogP contribution in [0, 0.1) is 6.92 Å². The summed E-state index contributed by atoms with van der Waals surface area (Å²) in [4.78, 5) is 12.8. The van der Waals surface area contributed by atoms with E-state index in [0.717, 1.165) is 30.4 Å². The fraction of sp³-hybridized carbons (Fsp3) is 0.185. The van der Waals surface area contributed by atoms with Crippen LogP contribution < -0.4 is 11.1 Å². The zero-order valence-electron chi connectivity index (χ0n) is 18.5. The summed E-state index contributed by atoms with van der Waals surface area (Å²) in [5, 5.41) is 7.26. The topological polar surface area (TPSA) is 72.9 Å². The van der Waals surface area contributed by atoms with Crippen molar-refractivity contribution in [1.29, 1.82) is 0 Å². The van der Waals surface area contributed by atoms with E-state index in [0.29, 0.717) is 16.9 Å². The molecule has 5 nitrogen and oxygen atoms in total. The summed E-state index contributed by atoms with van der Waals surface area (Å²) in [6, 6.07) is 23.5. The number of aromatic nitrogens is 2. The molecule has 5 heteroatoms. The molecule has 0 aliphatic heterocycles. The van der Waals surface area contributed by atoms with Crippen molar-refractivity contribution in [3.63, 3.8) is 0 Å². The van der Waals surface area contributed by atoms with Gasteiger partial charge in [-0.25, -0.2) is 0 Å². The minimum absolute atomic E-state index is 0.167. The van der Waals surface area contributed by atoms with Crippen LogP contribution in [0.1, 0.15) is 33.6 Å². The van der Waals surface area contributed by atoms with E-state index in [1.165, 1.54) is 16.8 Å². The van der Waals surface area contributed by atoms with Crippen molar-refractivity contribution in [2.45, 2.75) is 26.2 Å². The third-order valence-corrected chi connectivity index (χ3v) is 5.87. The molecule has 0 radical (unpaired) electrons. The number of amides is 1. The average molecular weight is 425 g/mol. The zero-order chi connectivity index (χ0) is 22.5. The van der Waals surface area contributed by atoms with E-state index in [2.05, 4.69) is 17.3 Å². The van der Waals surface area contributed by atoms with Crippen LogP contribution in [0.15, 0.2) is 79.0 Å². The highest BCUT2D eigenvalue weighted by molar-refractivity contribution is 6.06. The van der Waals surface area contributed by atoms with Crippen molar-refractivity contribution in [3.05, 3.63) is 101 Å². The molecule has 0 saturated heterocycles. The third-order valence-electron chi connectivity index (χ3n) is 5.87. The number of aryl methyl sites for hydroxylation is 3. The molecule has 0 fully saturated rings. The van der Waals surface area contributed by atoms with Gasteiger partial charge in [-0.2, -0.15) is 5.10 Å². The second-order valence-corrected chi connectivity index (χ2v) is 8.05. The lowest BCUT2D eigenvalue weighted by Crippen LogP contribution is -2.13. The lowest BCUT2D eigenvalue weighted by Gasteiger charge is -2.11. The van der Waals surface area contributed by atoms with Gasteiger partial charge < -0.3 is 11.1 Å². The van der Waals surface area contributed by atoms with Gasteiger partial charge >= 0.3 is 0 Å². The molecule has 4 rings (SSSR count). The lowest BCUT2D eigenvalue weighted by atomic mass is 10.0. The Balaban J connectivity index is 1.38. The molecule has 0 bridgehead atoms. The van der Waals surface area contributed by atoms with Crippen molar-refractivity contribution in [1.82, 2.24) is 9.78 Å². The molecular formula is C27H28N4O. The van der Waals surface area contributed by atoms with Gasteiger partial charge in [-0.1, -0.05) is 48.5 Å². The number of rotatable bonds is 7. The Morgan fingerprint density at radius 3 is 2.41 bits per heavy atom. The summed E-state index contributed by atoms with van der Waals surface area (Å²) in [6.45, 7) is 2.10. The minimum atomic E-state index is -0.167. The summed E-state index contributed by atoms with van der Waals surface area (Å²) in [5.74, 6) is -0.167. The predicted molar refractivity (Wildman–Crippen MR) is 131 cm³/mol. The molecule has 0 aliphatic carbocycles. The highest BCUT2D eigenvalue weighted by Crippen LogP contribution is 2.27. The fourth-order valence-electron chi connectivity index (χ4n) is 3.76. The maximum absolute atomic E-state index is 12.8. The second kappa shape index (κ2) is 9.52. The van der Waals surface area contributed by atoms with E-state index < -0.39 is 0 Å². The van der Waals surface area contributed by atoms with Gasteiger partial charge in [0.1, 0.15) is 0 Å². The number of nitrogens with one attached hydrogen (secondary N) is 1. The standard InChI is InChI=1S/C27H28N4O/c1-19-24(18-29-31(19)2)10-6-7-20-11-13-22(14-12-20)27(32)30-26-17-23(15-16-25(26)28)21-8-4-3-5-9-21/h3-5,8-9,11-18H,6-7,10,28H2,1-2H3,(H,30,32). The summed E-state index contributed by atoms with van der Waals surface area (Å²) in [6.07, 6.45) is 4.95. The monoisotopic (exact) mass is 424 g/mol. The molecule has 3 N–H and O–H groups in total. The molecule has 3 aromatic carbocycles. The smallest absolute Gasteiger partial charge is 0.255 e. The van der Waals surface area contributed by atoms with E-state index in [-0.39, 0.29) is 5.91 Å². The maximum Gasteiger partial charge on any atom is 0.255 e. The average Bonchev–Trinajstić information content (AvgIpc) is 3.14. The Bertz CT molecular complexity index is 1210. The van der Waals surface area contributed by atoms with E-state index in [9.17, 15) is 4.79 Å². The highest BCUT2D eigenvalue weighted by Gasteiger charge is 2.10. The molecule has 0 saturated carbocycles. The molecule has 1 heterocycles. The van der Waals surface area contributed by atoms with E-state index >= 15 is 0 Å². The number of hydrogen-bond donors (Lipinski definition) is 2. The number of carbonyl (C=O) groups excluding carboxylic acids is 1. The van der Waals surface area contributed by atoms with Crippen molar-refractivity contribution in [2.75, 3.05) is 11.1 Å². The SMILES string of the molecule is Cc1c(CCCc2ccc(C(=O)Nc3cc(-c4ccccc4)ccc3N)cc2)cnn1C. The van der Waals surface area contributed by atoms with Crippen molar-refractivity contribution in [2.24, 2.45) is 7.05 Å². The van der Waals surface area contributed by atoms with Crippen molar-refractivity contribution < 1.29 is 4.79 Å². The summed E-state index contributed by atoms with van der Waals surface area (Å²) < 4.78 is 1.91. The van der Waals surface area contributed by atoms with Gasteiger partial charge in [0.25, 0.3) is 5.91 Å². The molecular weight excluding hydrogens is 396 g/mol. The Morgan fingerprint density at radius 1 is 0.969 bits per heavy atom. The van der Waals surface area contributed by atoms with Gasteiger partial charge in [-0.05, 0) is 72.7 Å². The first-order valence-electron chi connectivity index (χ1n) is 10.8. The Morgan fingerprint density at radius 2 is 1.72 bits per heavy atom. The first-order chi connectivity index (χ1) is 15.5. The molecule has 0 atom stereocenters. The first kappa shape index (κ1) is 21.4. The molecule has 32 heavy (non-hydrogen) atoms. The second-order valence-electron chi connectivity index (χ2n) is 8.05. The van der Waals surface area contributed by atoms with Crippen molar-refractivity contribution in [3.8, 4) is 11.1 Å². The number of anilines is 2. The summed E-state index contributed by atoms with van der Waals surface area (Å²) in [5.41, 5.74) is 13.7. The maximum atomic E-state index is 12.8. The number of benzene rings is 3. The van der Waals surface area contributed by atoms with E-state index in [1.54, 1.807) is 0 Å². The van der Waals surface area contributed by atoms with Crippen LogP contribution >= 0.6 is 0 Å². The van der Waals surface area contributed by atoms with Crippen LogP contribution in [-0.2, 0) is 19.9 Å². The van der Waals surface area contributed by atoms with Gasteiger partial charge in [-0.15, -0.1) is 0 Å². The lowest BCUT2D eigenvalue weighted by molar-refractivity contribution is 0.102. The molecule has 1 amide bonds. The Labute approximate surface area is 188 Å². The molecule has 0 aliphatic rings. The van der Waals surface area contributed by atoms with Crippen LogP contribution in [0.5, 0.6) is 0 Å². The fourth-order valence-corrected chi connectivity index (χ4v) is 3.76. The van der Waals surface area contributed by atoms with E-state index in [4.69, 9.17) is 5.73 Å². The van der Waals surface area contributed by atoms with Crippen LogP contribution in [0.3, 0.4) is 0 Å². The van der Waals surface area contributed by atoms with Crippen molar-refractivity contribution >= 4 is 17.3 Å². The predicted octanol–water partition coefficient (Wildman–Crippen LogP) is 5.41. The first-order valence-corrected chi connectivity index (χ1v) is 10.8. The quantitative estimate of drug-likeness (QED) is 0.390. The van der Waals surface area contributed by atoms with Gasteiger partial charge in [0.15, 0.2) is 0 Å². The molecule has 162 valence electrons. The molecule has 0 spiro atoms. The van der Waals surface area contributed by atoms with Crippen LogP contribution in [-0.4, -0.2) is 15.7 Å². The number of nitrogens with two attached hydrogens (primary N) is 1. The van der Waals surface area contributed by atoms with Crippen LogP contribution in [0.4, 0.5) is 11.4 Å². The Hall–Kier alpha value is -3.86. The summed E-state index contributed by atoms with van der Waals surface area (Å²) in [7, 11) is 1.97. The minimum Gasteiger partial charge on any atom is -0.397 e. The number of carbonyl (C=O) groups is 1. The number of nitrogen functional groups attached to an aromatic ring is 1. The van der Waals surface area contributed by atoms with Gasteiger partial charge in [0.05, 0.1) is 17.6 Å². The molecule has 0 unspecified atom stereocenters. The number of nitrogens with zero attached hydrogens (tertiary/aromatic N) is 2. The zero-order valence-corrected chi connectivity index (χ0v) is 18.5. The van der Waals surface area contributed by atoms with Gasteiger partial charge in [0.2, 0.25) is 0 Å². The van der Waals surface area contributed by atoms with Crippen LogP contribution in [0.2, 0.25) is 0 Å². The summed E-state index contributed by atoms with van der Waals surface area (Å²) >= 11 is 0. The molecule has 4 aromatic rings. The normalized spacial score (nSPS) is 10.8. The highest BCUT2D eigenvalue weighted by atomic mass is 16.1. The molecule has 1 aromatic heterocycles.